The van der Waals surface area contributed by atoms with Crippen LogP contribution in [0.4, 0.5) is 0 Å². The summed E-state index contributed by atoms with van der Waals surface area (Å²) >= 11 is 0. The number of benzene rings is 1. The normalized spacial score (nSPS) is 29.6. The highest BCUT2D eigenvalue weighted by Crippen LogP contribution is 2.27. The van der Waals surface area contributed by atoms with Gasteiger partial charge in [0.05, 0.1) is 24.8 Å². The maximum Gasteiger partial charge on any atom is 0.161 e. The van der Waals surface area contributed by atoms with Gasteiger partial charge in [-0.25, -0.2) is 0 Å². The van der Waals surface area contributed by atoms with Crippen molar-refractivity contribution in [2.45, 2.75) is 6.10 Å². The minimum Gasteiger partial charge on any atom is -0.389 e. The van der Waals surface area contributed by atoms with E-state index in [9.17, 15) is 0 Å². The fourth-order valence-corrected chi connectivity index (χ4v) is 1.96. The molecule has 2 heterocycles. The van der Waals surface area contributed by atoms with Gasteiger partial charge in [0.25, 0.3) is 0 Å². The average molecular weight is 189 g/mol. The molecule has 0 bridgehead atoms. The third kappa shape index (κ3) is 1.13. The smallest absolute Gasteiger partial charge is 0.161 e. The van der Waals surface area contributed by atoms with Crippen LogP contribution in [0.5, 0.6) is 0 Å². The van der Waals surface area contributed by atoms with E-state index in [1.165, 1.54) is 0 Å². The minimum absolute atomic E-state index is 0.144. The first kappa shape index (κ1) is 8.00. The topological polar surface area (TPSA) is 30.8 Å². The van der Waals surface area contributed by atoms with Crippen LogP contribution in [0.3, 0.4) is 0 Å². The van der Waals surface area contributed by atoms with Crippen molar-refractivity contribution in [2.24, 2.45) is 11.1 Å². The third-order valence-electron chi connectivity index (χ3n) is 2.74. The van der Waals surface area contributed by atoms with Gasteiger partial charge in [0.1, 0.15) is 0 Å². The van der Waals surface area contributed by atoms with E-state index in [-0.39, 0.29) is 6.10 Å². The van der Waals surface area contributed by atoms with Gasteiger partial charge in [-0.15, -0.1) is 0 Å². The minimum atomic E-state index is 0.144. The Balaban J connectivity index is 1.93. The van der Waals surface area contributed by atoms with Crippen LogP contribution < -0.4 is 0 Å². The van der Waals surface area contributed by atoms with E-state index >= 15 is 0 Å². The maximum absolute atomic E-state index is 5.36. The lowest BCUT2D eigenvalue weighted by atomic mass is 9.95. The Kier molecular flexibility index (Phi) is 1.77. The first-order chi connectivity index (χ1) is 6.95. The van der Waals surface area contributed by atoms with E-state index in [2.05, 4.69) is 17.3 Å². The second kappa shape index (κ2) is 3.10. The van der Waals surface area contributed by atoms with E-state index in [1.54, 1.807) is 0 Å². The highest BCUT2D eigenvalue weighted by atomic mass is 16.7. The number of rotatable bonds is 1. The Morgan fingerprint density at radius 3 is 2.86 bits per heavy atom. The molecule has 1 saturated heterocycles. The van der Waals surface area contributed by atoms with Gasteiger partial charge in [-0.3, -0.25) is 0 Å². The van der Waals surface area contributed by atoms with Crippen LogP contribution in [0.25, 0.3) is 0 Å². The van der Waals surface area contributed by atoms with Crippen molar-refractivity contribution in [1.82, 2.24) is 0 Å². The Morgan fingerprint density at radius 1 is 1.14 bits per heavy atom. The molecule has 0 N–H and O–H groups in total. The van der Waals surface area contributed by atoms with Crippen LogP contribution in [-0.2, 0) is 9.57 Å². The van der Waals surface area contributed by atoms with Crippen LogP contribution in [-0.4, -0.2) is 25.0 Å². The van der Waals surface area contributed by atoms with Crippen molar-refractivity contribution in [2.75, 3.05) is 13.2 Å². The summed E-state index contributed by atoms with van der Waals surface area (Å²) in [6, 6.07) is 10.1. The average Bonchev–Trinajstić information content (AvgIpc) is 2.79. The summed E-state index contributed by atoms with van der Waals surface area (Å²) in [5.74, 6) is 0.331. The number of nitrogens with zero attached hydrogens (tertiary/aromatic N) is 1. The fourth-order valence-electron chi connectivity index (χ4n) is 1.96. The molecule has 72 valence electrons. The zero-order chi connectivity index (χ0) is 9.38. The van der Waals surface area contributed by atoms with Gasteiger partial charge in [0.2, 0.25) is 0 Å². The summed E-state index contributed by atoms with van der Waals surface area (Å²) in [5.41, 5.74) is 2.18. The second-order valence-electron chi connectivity index (χ2n) is 3.63. The molecule has 0 unspecified atom stereocenters. The number of hydrogen-bond donors (Lipinski definition) is 0. The Hall–Kier alpha value is -1.35. The maximum atomic E-state index is 5.36. The molecular weight excluding hydrogens is 178 g/mol. The number of ether oxygens (including phenoxy) is 1. The molecule has 1 fully saturated rings. The van der Waals surface area contributed by atoms with E-state index in [0.29, 0.717) is 12.5 Å². The summed E-state index contributed by atoms with van der Waals surface area (Å²) in [5, 5.41) is 4.13. The molecule has 0 radical (unpaired) electrons. The summed E-state index contributed by atoms with van der Waals surface area (Å²) in [7, 11) is 0. The van der Waals surface area contributed by atoms with Crippen LogP contribution in [0.2, 0.25) is 0 Å². The molecule has 3 heteroatoms. The molecule has 2 aliphatic rings. The van der Waals surface area contributed by atoms with Gasteiger partial charge in [0.15, 0.2) is 6.10 Å². The van der Waals surface area contributed by atoms with Crippen LogP contribution >= 0.6 is 0 Å². The molecular formula is C11H11NO2. The summed E-state index contributed by atoms with van der Waals surface area (Å²) in [6.45, 7) is 1.41. The number of hydrogen-bond acceptors (Lipinski definition) is 3. The standard InChI is InChI=1S/C11H11NO2/c1-2-4-8(5-3-1)11-9-6-13-7-10(9)14-12-11/h1-5,9-10H,6-7H2/t9-,10+/m1/s1. The largest absolute Gasteiger partial charge is 0.389 e. The quantitative estimate of drug-likeness (QED) is 0.669. The number of oxime groups is 1. The summed E-state index contributed by atoms with van der Waals surface area (Å²) in [4.78, 5) is 5.31. The zero-order valence-corrected chi connectivity index (χ0v) is 7.72. The second-order valence-corrected chi connectivity index (χ2v) is 3.63. The summed E-state index contributed by atoms with van der Waals surface area (Å²) < 4.78 is 5.36. The van der Waals surface area contributed by atoms with Crippen LogP contribution in [0, 0.1) is 5.92 Å². The van der Waals surface area contributed by atoms with Crippen LogP contribution in [0.15, 0.2) is 35.5 Å². The van der Waals surface area contributed by atoms with Crippen molar-refractivity contribution in [1.29, 1.82) is 0 Å². The molecule has 0 amide bonds. The van der Waals surface area contributed by atoms with Crippen molar-refractivity contribution in [3.05, 3.63) is 35.9 Å². The Bertz CT molecular complexity index is 361. The van der Waals surface area contributed by atoms with Gasteiger partial charge in [-0.2, -0.15) is 0 Å². The van der Waals surface area contributed by atoms with Crippen molar-refractivity contribution in [3.63, 3.8) is 0 Å². The lowest BCUT2D eigenvalue weighted by Crippen LogP contribution is -2.21. The van der Waals surface area contributed by atoms with Crippen molar-refractivity contribution in [3.8, 4) is 0 Å². The molecule has 1 aromatic carbocycles. The molecule has 2 aliphatic heterocycles. The Morgan fingerprint density at radius 2 is 2.00 bits per heavy atom. The predicted molar refractivity (Wildman–Crippen MR) is 52.2 cm³/mol. The predicted octanol–water partition coefficient (Wildman–Crippen LogP) is 1.44. The molecule has 2 atom stereocenters. The molecule has 0 aromatic heterocycles. The van der Waals surface area contributed by atoms with Gasteiger partial charge in [0, 0.05) is 0 Å². The van der Waals surface area contributed by atoms with E-state index in [1.807, 2.05) is 18.2 Å². The molecule has 14 heavy (non-hydrogen) atoms. The van der Waals surface area contributed by atoms with E-state index in [0.717, 1.165) is 17.9 Å². The van der Waals surface area contributed by atoms with Crippen molar-refractivity contribution >= 4 is 5.71 Å². The van der Waals surface area contributed by atoms with E-state index in [4.69, 9.17) is 9.57 Å². The molecule has 3 rings (SSSR count). The SMILES string of the molecule is c1ccc(C2=NO[C@H]3COC[C@@H]23)cc1. The molecule has 3 nitrogen and oxygen atoms in total. The van der Waals surface area contributed by atoms with Gasteiger partial charge < -0.3 is 9.57 Å². The summed E-state index contributed by atoms with van der Waals surface area (Å²) in [6.07, 6.45) is 0.144. The monoisotopic (exact) mass is 189 g/mol. The molecule has 0 saturated carbocycles. The van der Waals surface area contributed by atoms with Crippen molar-refractivity contribution < 1.29 is 9.57 Å². The lowest BCUT2D eigenvalue weighted by molar-refractivity contribution is 0.0558. The highest BCUT2D eigenvalue weighted by molar-refractivity contribution is 6.03. The fraction of sp³-hybridized carbons (Fsp3) is 0.364. The van der Waals surface area contributed by atoms with Gasteiger partial charge in [-0.1, -0.05) is 35.5 Å². The first-order valence-electron chi connectivity index (χ1n) is 4.82. The molecule has 1 aromatic rings. The lowest BCUT2D eigenvalue weighted by Gasteiger charge is -2.06. The zero-order valence-electron chi connectivity index (χ0n) is 7.72. The van der Waals surface area contributed by atoms with E-state index < -0.39 is 0 Å². The van der Waals surface area contributed by atoms with Crippen LogP contribution in [0.1, 0.15) is 5.56 Å². The highest BCUT2D eigenvalue weighted by Gasteiger charge is 2.39. The number of fused-ring (bicyclic) bond motifs is 1. The van der Waals surface area contributed by atoms with Gasteiger partial charge in [-0.05, 0) is 5.56 Å². The first-order valence-corrected chi connectivity index (χ1v) is 4.82. The third-order valence-corrected chi connectivity index (χ3v) is 2.74. The molecule has 0 aliphatic carbocycles. The van der Waals surface area contributed by atoms with Gasteiger partial charge >= 0.3 is 0 Å². The Labute approximate surface area is 82.3 Å². The molecule has 0 spiro atoms.